The summed E-state index contributed by atoms with van der Waals surface area (Å²) in [5.74, 6) is -1.000. The van der Waals surface area contributed by atoms with Gasteiger partial charge in [0.1, 0.15) is 6.10 Å². The van der Waals surface area contributed by atoms with Gasteiger partial charge in [-0.05, 0) is 33.8 Å². The standard InChI is InChI=1S/C10H8O3S2/c11-8(6-1-3-14-5-6)9-7(10(12)13)2-4-15-9/h1-5,8,11H,(H,12,13). The Bertz CT molecular complexity index is 459. The summed E-state index contributed by atoms with van der Waals surface area (Å²) in [5.41, 5.74) is 0.920. The number of aromatic carboxylic acids is 1. The molecule has 2 heterocycles. The third kappa shape index (κ3) is 1.94. The first-order chi connectivity index (χ1) is 7.20. The van der Waals surface area contributed by atoms with Gasteiger partial charge in [-0.2, -0.15) is 11.3 Å². The van der Waals surface area contributed by atoms with Crippen molar-refractivity contribution in [3.8, 4) is 0 Å². The monoisotopic (exact) mass is 240 g/mol. The zero-order valence-electron chi connectivity index (χ0n) is 7.58. The molecule has 0 aromatic carbocycles. The molecule has 0 amide bonds. The van der Waals surface area contributed by atoms with Crippen LogP contribution in [-0.2, 0) is 0 Å². The van der Waals surface area contributed by atoms with E-state index in [2.05, 4.69) is 0 Å². The molecule has 0 fully saturated rings. The van der Waals surface area contributed by atoms with Gasteiger partial charge in [0, 0.05) is 0 Å². The van der Waals surface area contributed by atoms with E-state index >= 15 is 0 Å². The summed E-state index contributed by atoms with van der Waals surface area (Å²) >= 11 is 2.73. The highest BCUT2D eigenvalue weighted by atomic mass is 32.1. The third-order valence-corrected chi connectivity index (χ3v) is 3.70. The number of hydrogen-bond donors (Lipinski definition) is 2. The van der Waals surface area contributed by atoms with Crippen molar-refractivity contribution >= 4 is 28.6 Å². The van der Waals surface area contributed by atoms with Gasteiger partial charge < -0.3 is 10.2 Å². The van der Waals surface area contributed by atoms with Gasteiger partial charge in [-0.3, -0.25) is 0 Å². The lowest BCUT2D eigenvalue weighted by molar-refractivity contribution is 0.0692. The van der Waals surface area contributed by atoms with Crippen molar-refractivity contribution in [3.05, 3.63) is 44.3 Å². The Labute approximate surface area is 94.2 Å². The number of aliphatic hydroxyl groups is 1. The first kappa shape index (κ1) is 10.4. The van der Waals surface area contributed by atoms with Crippen molar-refractivity contribution in [2.24, 2.45) is 0 Å². The minimum atomic E-state index is -1.000. The van der Waals surface area contributed by atoms with Crippen LogP contribution in [0.5, 0.6) is 0 Å². The summed E-state index contributed by atoms with van der Waals surface area (Å²) in [6, 6.07) is 3.30. The lowest BCUT2D eigenvalue weighted by Crippen LogP contribution is -2.03. The summed E-state index contributed by atoms with van der Waals surface area (Å²) in [7, 11) is 0. The second kappa shape index (κ2) is 4.14. The quantitative estimate of drug-likeness (QED) is 0.867. The highest BCUT2D eigenvalue weighted by Crippen LogP contribution is 2.30. The van der Waals surface area contributed by atoms with Crippen LogP contribution in [0.25, 0.3) is 0 Å². The van der Waals surface area contributed by atoms with Crippen LogP contribution in [0.15, 0.2) is 28.3 Å². The normalized spacial score (nSPS) is 12.6. The van der Waals surface area contributed by atoms with E-state index in [9.17, 15) is 9.90 Å². The highest BCUT2D eigenvalue weighted by molar-refractivity contribution is 7.10. The van der Waals surface area contributed by atoms with Crippen LogP contribution >= 0.6 is 22.7 Å². The number of carboxylic acids is 1. The molecule has 0 bridgehead atoms. The van der Waals surface area contributed by atoms with Gasteiger partial charge in [0.25, 0.3) is 0 Å². The summed E-state index contributed by atoms with van der Waals surface area (Å²) in [6.07, 6.45) is -0.831. The SMILES string of the molecule is O=C(O)c1ccsc1C(O)c1ccsc1. The molecule has 1 unspecified atom stereocenters. The Morgan fingerprint density at radius 3 is 2.73 bits per heavy atom. The van der Waals surface area contributed by atoms with Gasteiger partial charge in [-0.25, -0.2) is 4.79 Å². The van der Waals surface area contributed by atoms with Crippen molar-refractivity contribution in [2.75, 3.05) is 0 Å². The van der Waals surface area contributed by atoms with E-state index in [4.69, 9.17) is 5.11 Å². The number of aliphatic hydroxyl groups excluding tert-OH is 1. The van der Waals surface area contributed by atoms with Crippen LogP contribution in [0.1, 0.15) is 26.9 Å². The summed E-state index contributed by atoms with van der Waals surface area (Å²) in [6.45, 7) is 0. The second-order valence-electron chi connectivity index (χ2n) is 2.96. The van der Waals surface area contributed by atoms with Crippen molar-refractivity contribution < 1.29 is 15.0 Å². The van der Waals surface area contributed by atoms with E-state index in [1.165, 1.54) is 28.7 Å². The molecular formula is C10H8O3S2. The molecule has 0 aliphatic rings. The van der Waals surface area contributed by atoms with Gasteiger partial charge in [0.15, 0.2) is 0 Å². The lowest BCUT2D eigenvalue weighted by atomic mass is 10.1. The van der Waals surface area contributed by atoms with E-state index in [1.54, 1.807) is 11.4 Å². The van der Waals surface area contributed by atoms with Crippen LogP contribution in [0, 0.1) is 0 Å². The first-order valence-electron chi connectivity index (χ1n) is 4.21. The Morgan fingerprint density at radius 1 is 1.33 bits per heavy atom. The molecule has 0 spiro atoms. The predicted octanol–water partition coefficient (Wildman–Crippen LogP) is 2.59. The van der Waals surface area contributed by atoms with Crippen molar-refractivity contribution in [3.63, 3.8) is 0 Å². The molecule has 2 N–H and O–H groups in total. The van der Waals surface area contributed by atoms with Crippen LogP contribution in [0.4, 0.5) is 0 Å². The summed E-state index contributed by atoms with van der Waals surface area (Å²) in [5, 5.41) is 24.2. The third-order valence-electron chi connectivity index (χ3n) is 2.03. The molecule has 78 valence electrons. The van der Waals surface area contributed by atoms with Crippen LogP contribution in [0.3, 0.4) is 0 Å². The molecule has 5 heteroatoms. The molecule has 15 heavy (non-hydrogen) atoms. The van der Waals surface area contributed by atoms with Gasteiger partial charge in [0.05, 0.1) is 10.4 Å². The number of carbonyl (C=O) groups is 1. The Hall–Kier alpha value is -1.17. The minimum absolute atomic E-state index is 0.179. The molecular weight excluding hydrogens is 232 g/mol. The van der Waals surface area contributed by atoms with Crippen LogP contribution in [0.2, 0.25) is 0 Å². The smallest absolute Gasteiger partial charge is 0.336 e. The average Bonchev–Trinajstić information content (AvgIpc) is 2.88. The van der Waals surface area contributed by atoms with Gasteiger partial charge in [-0.15, -0.1) is 11.3 Å². The van der Waals surface area contributed by atoms with Gasteiger partial charge in [-0.1, -0.05) is 0 Å². The Kier molecular flexibility index (Phi) is 2.86. The maximum atomic E-state index is 10.9. The number of thiophene rings is 2. The topological polar surface area (TPSA) is 57.5 Å². The van der Waals surface area contributed by atoms with Crippen molar-refractivity contribution in [2.45, 2.75) is 6.10 Å². The molecule has 2 aromatic heterocycles. The summed E-state index contributed by atoms with van der Waals surface area (Å²) < 4.78 is 0. The fraction of sp³-hybridized carbons (Fsp3) is 0.100. The molecule has 3 nitrogen and oxygen atoms in total. The fourth-order valence-corrected chi connectivity index (χ4v) is 2.87. The Balaban J connectivity index is 2.37. The maximum absolute atomic E-state index is 10.9. The van der Waals surface area contributed by atoms with E-state index in [-0.39, 0.29) is 5.56 Å². The fourth-order valence-electron chi connectivity index (χ4n) is 1.29. The molecule has 0 aliphatic carbocycles. The van der Waals surface area contributed by atoms with Crippen molar-refractivity contribution in [1.82, 2.24) is 0 Å². The second-order valence-corrected chi connectivity index (χ2v) is 4.69. The zero-order chi connectivity index (χ0) is 10.8. The van der Waals surface area contributed by atoms with Gasteiger partial charge in [0.2, 0.25) is 0 Å². The molecule has 0 saturated carbocycles. The van der Waals surface area contributed by atoms with Crippen LogP contribution in [-0.4, -0.2) is 16.2 Å². The maximum Gasteiger partial charge on any atom is 0.336 e. The first-order valence-corrected chi connectivity index (χ1v) is 6.03. The molecule has 0 aliphatic heterocycles. The van der Waals surface area contributed by atoms with Gasteiger partial charge >= 0.3 is 5.97 Å². The van der Waals surface area contributed by atoms with Crippen LogP contribution < -0.4 is 0 Å². The Morgan fingerprint density at radius 2 is 2.13 bits per heavy atom. The average molecular weight is 240 g/mol. The lowest BCUT2D eigenvalue weighted by Gasteiger charge is -2.07. The number of carboxylic acid groups (broad SMARTS) is 1. The molecule has 1 atom stereocenters. The van der Waals surface area contributed by atoms with E-state index in [0.29, 0.717) is 4.88 Å². The number of hydrogen-bond acceptors (Lipinski definition) is 4. The van der Waals surface area contributed by atoms with E-state index < -0.39 is 12.1 Å². The highest BCUT2D eigenvalue weighted by Gasteiger charge is 2.20. The summed E-state index contributed by atoms with van der Waals surface area (Å²) in [4.78, 5) is 11.3. The zero-order valence-corrected chi connectivity index (χ0v) is 9.22. The largest absolute Gasteiger partial charge is 0.478 e. The molecule has 0 radical (unpaired) electrons. The van der Waals surface area contributed by atoms with E-state index in [1.807, 2.05) is 10.8 Å². The predicted molar refractivity (Wildman–Crippen MR) is 59.7 cm³/mol. The number of rotatable bonds is 3. The van der Waals surface area contributed by atoms with E-state index in [0.717, 1.165) is 5.56 Å². The molecule has 0 saturated heterocycles. The molecule has 2 aromatic rings. The molecule has 2 rings (SSSR count). The minimum Gasteiger partial charge on any atom is -0.478 e. The van der Waals surface area contributed by atoms with Crippen molar-refractivity contribution in [1.29, 1.82) is 0 Å².